The number of carbonyl (C=O) groups is 4. The summed E-state index contributed by atoms with van der Waals surface area (Å²) in [6.45, 7) is 2.08. The quantitative estimate of drug-likeness (QED) is 0.0912. The molecule has 17 heteroatoms. The predicted molar refractivity (Wildman–Crippen MR) is 140 cm³/mol. The van der Waals surface area contributed by atoms with Crippen LogP contribution in [0, 0.1) is 6.92 Å². The molecule has 0 atom stereocenters. The molecule has 0 spiro atoms. The molecule has 0 amide bonds. The molecule has 0 fully saturated rings. The largest absolute Gasteiger partial charge is 4.00 e. The Labute approximate surface area is 274 Å². The van der Waals surface area contributed by atoms with Crippen molar-refractivity contribution in [2.45, 2.75) is 6.92 Å². The summed E-state index contributed by atoms with van der Waals surface area (Å²) in [5.41, 5.74) is 1.32. The molecule has 44 heavy (non-hydrogen) atoms. The first-order valence-electron chi connectivity index (χ1n) is 11.3. The molecule has 1 aromatic rings. The molecule has 0 unspecified atom stereocenters. The Morgan fingerprint density at radius 3 is 0.773 bits per heavy atom. The van der Waals surface area contributed by atoms with Crippen LogP contribution in [0.25, 0.3) is 0 Å². The van der Waals surface area contributed by atoms with E-state index >= 15 is 0 Å². The zero-order chi connectivity index (χ0) is 34.2. The maximum absolute atomic E-state index is 10.2. The van der Waals surface area contributed by atoms with Crippen molar-refractivity contribution < 1.29 is 103 Å². The van der Waals surface area contributed by atoms with Gasteiger partial charge in [-0.1, -0.05) is 35.9 Å². The van der Waals surface area contributed by atoms with Gasteiger partial charge >= 0.3 is 49.7 Å². The van der Waals surface area contributed by atoms with Crippen molar-refractivity contribution in [3.63, 3.8) is 0 Å². The molecule has 1 rings (SSSR count). The average molecular weight is 795 g/mol. The number of aryl methyl sites for hydroxylation is 1. The fourth-order valence-electron chi connectivity index (χ4n) is 1.39. The first kappa shape index (κ1) is 49.0. The number of ether oxygens (including phenoxy) is 8. The Morgan fingerprint density at radius 2 is 0.659 bits per heavy atom. The molecule has 0 saturated carbocycles. The summed E-state index contributed by atoms with van der Waals surface area (Å²) < 4.78 is 33.0. The van der Waals surface area contributed by atoms with Gasteiger partial charge in [0, 0.05) is 24.3 Å². The first-order valence-corrected chi connectivity index (χ1v) is 11.3. The van der Waals surface area contributed by atoms with Gasteiger partial charge in [-0.05, 0) is 35.4 Å². The first-order chi connectivity index (χ1) is 20.2. The maximum Gasteiger partial charge on any atom is 4.00 e. The van der Waals surface area contributed by atoms with E-state index in [9.17, 15) is 39.6 Å². The van der Waals surface area contributed by atoms with E-state index in [0.29, 0.717) is 0 Å². The molecule has 244 valence electrons. The summed E-state index contributed by atoms with van der Waals surface area (Å²) in [5.74, 6) is -5.65. The van der Waals surface area contributed by atoms with Gasteiger partial charge in [-0.15, -0.1) is 0 Å². The van der Waals surface area contributed by atoms with E-state index in [1.165, 1.54) is 62.4 Å². The van der Waals surface area contributed by atoms with E-state index in [2.05, 4.69) is 57.0 Å². The number of carbonyl (C=O) groups excluding carboxylic acids is 4. The Bertz CT molecular complexity index is 906. The second-order valence-electron chi connectivity index (χ2n) is 6.42. The van der Waals surface area contributed by atoms with Gasteiger partial charge in [0.1, 0.15) is 0 Å². The zero-order valence-electron chi connectivity index (χ0n) is 25.7. The molecule has 0 aliphatic heterocycles. The van der Waals surface area contributed by atoms with Crippen molar-refractivity contribution >= 4 is 23.9 Å². The Kier molecular flexibility index (Phi) is 38.5. The van der Waals surface area contributed by atoms with Gasteiger partial charge in [0.05, 0.1) is 52.2 Å². The second kappa shape index (κ2) is 34.5. The van der Waals surface area contributed by atoms with E-state index in [1.807, 2.05) is 18.2 Å². The molecule has 0 bridgehead atoms. The van der Waals surface area contributed by atoms with E-state index in [-0.39, 0.29) is 25.8 Å². The number of hydrogen-bond donors (Lipinski definition) is 0. The number of methoxy groups -OCH3 is 8. The molecule has 0 heterocycles. The summed E-state index contributed by atoms with van der Waals surface area (Å²) in [5, 5.41) is 40.8. The van der Waals surface area contributed by atoms with Crippen molar-refractivity contribution in [3.05, 3.63) is 84.0 Å². The summed E-state index contributed by atoms with van der Waals surface area (Å²) in [4.78, 5) is 40.8. The standard InChI is InChI=1S/C7H8.4C5H8O4.Hf/c1-7-5-3-2-4-6-7;4*1-8-4(6)3-5(7)9-2;/h2-6H,1H3;4*3,6H,1-2H3;/q;;;;;+4/p-4/b;4*4-3+;. The van der Waals surface area contributed by atoms with Crippen LogP contribution in [0.1, 0.15) is 5.56 Å². The zero-order valence-corrected chi connectivity index (χ0v) is 29.3. The van der Waals surface area contributed by atoms with Crippen LogP contribution >= 0.6 is 0 Å². The van der Waals surface area contributed by atoms with Crippen molar-refractivity contribution in [3.8, 4) is 0 Å². The van der Waals surface area contributed by atoms with Gasteiger partial charge in [0.2, 0.25) is 0 Å². The van der Waals surface area contributed by atoms with Crippen molar-refractivity contribution in [2.75, 3.05) is 56.9 Å². The van der Waals surface area contributed by atoms with Crippen molar-refractivity contribution in [1.29, 1.82) is 0 Å². The van der Waals surface area contributed by atoms with Crippen LogP contribution in [-0.4, -0.2) is 80.8 Å². The van der Waals surface area contributed by atoms with Gasteiger partial charge in [-0.3, -0.25) is 0 Å². The normalized spacial score (nSPS) is 10.1. The van der Waals surface area contributed by atoms with Crippen LogP contribution in [0.4, 0.5) is 0 Å². The Balaban J connectivity index is -0.000000143. The minimum atomic E-state index is -0.707. The summed E-state index contributed by atoms with van der Waals surface area (Å²) in [7, 11) is 9.46. The third kappa shape index (κ3) is 39.5. The predicted octanol–water partition coefficient (Wildman–Crippen LogP) is -1.98. The van der Waals surface area contributed by atoms with Gasteiger partial charge < -0.3 is 58.3 Å². The molecule has 0 aliphatic rings. The maximum atomic E-state index is 10.2. The fourth-order valence-corrected chi connectivity index (χ4v) is 1.39. The average Bonchev–Trinajstić information content (AvgIpc) is 3.01. The number of esters is 4. The van der Waals surface area contributed by atoms with E-state index in [1.54, 1.807) is 0 Å². The topological polar surface area (TPSA) is 234 Å². The van der Waals surface area contributed by atoms with Gasteiger partial charge in [-0.25, -0.2) is 19.2 Å². The van der Waals surface area contributed by atoms with Crippen molar-refractivity contribution in [2.24, 2.45) is 0 Å². The molecule has 0 radical (unpaired) electrons. The SMILES string of the molecule is COC(=O)/C=C(\[O-])OC.COC(=O)/C=C(\[O-])OC.COC(=O)/C=C(\[O-])OC.COC(=O)/C=C(\[O-])OC.Cc1ccccc1.[Hf+4]. The van der Waals surface area contributed by atoms with Crippen LogP contribution in [-0.2, 0) is 82.9 Å². The Hall–Kier alpha value is -4.67. The van der Waals surface area contributed by atoms with Crippen LogP contribution in [0.2, 0.25) is 0 Å². The van der Waals surface area contributed by atoms with Crippen LogP contribution in [0.15, 0.2) is 78.4 Å². The van der Waals surface area contributed by atoms with Crippen LogP contribution in [0.5, 0.6) is 0 Å². The number of rotatable bonds is 8. The van der Waals surface area contributed by atoms with Crippen molar-refractivity contribution in [1.82, 2.24) is 0 Å². The summed E-state index contributed by atoms with van der Waals surface area (Å²) >= 11 is 0. The van der Waals surface area contributed by atoms with Crippen LogP contribution < -0.4 is 20.4 Å². The number of hydrogen-bond acceptors (Lipinski definition) is 16. The molecule has 16 nitrogen and oxygen atoms in total. The summed E-state index contributed by atoms with van der Waals surface area (Å²) in [6, 6.07) is 10.3. The smallest absolute Gasteiger partial charge is 0.616 e. The van der Waals surface area contributed by atoms with E-state index in [0.717, 1.165) is 24.3 Å². The third-order valence-corrected chi connectivity index (χ3v) is 3.49. The number of benzene rings is 1. The molecule has 0 aliphatic carbocycles. The molecule has 1 aromatic carbocycles. The third-order valence-electron chi connectivity index (χ3n) is 3.49. The fraction of sp³-hybridized carbons (Fsp3) is 0.333. The van der Waals surface area contributed by atoms with E-state index < -0.39 is 47.7 Å². The van der Waals surface area contributed by atoms with Gasteiger partial charge in [0.15, 0.2) is 0 Å². The van der Waals surface area contributed by atoms with Crippen LogP contribution in [0.3, 0.4) is 0 Å². The molecule has 0 N–H and O–H groups in total. The molecule has 0 saturated heterocycles. The van der Waals surface area contributed by atoms with Gasteiger partial charge in [0.25, 0.3) is 0 Å². The minimum absolute atomic E-state index is 0. The summed E-state index contributed by atoms with van der Waals surface area (Å²) in [6.07, 6.45) is 2.89. The second-order valence-corrected chi connectivity index (χ2v) is 6.42. The van der Waals surface area contributed by atoms with E-state index in [4.69, 9.17) is 0 Å². The van der Waals surface area contributed by atoms with Gasteiger partial charge in [-0.2, -0.15) is 0 Å². The molecule has 0 aromatic heterocycles. The molecular formula is C27H36HfO16. The monoisotopic (exact) mass is 796 g/mol. The molecular weight excluding hydrogens is 759 g/mol. The Morgan fingerprint density at radius 1 is 0.455 bits per heavy atom. The minimum Gasteiger partial charge on any atom is -0.616 e.